The van der Waals surface area contributed by atoms with Gasteiger partial charge < -0.3 is 10.8 Å². The van der Waals surface area contributed by atoms with E-state index in [4.69, 9.17) is 10.8 Å². The van der Waals surface area contributed by atoms with E-state index < -0.39 is 12.0 Å². The van der Waals surface area contributed by atoms with Crippen LogP contribution in [0.15, 0.2) is 0 Å². The maximum atomic E-state index is 10.4. The molecule has 0 amide bonds. The summed E-state index contributed by atoms with van der Waals surface area (Å²) in [6, 6.07) is -0.689. The number of carboxylic acids is 1. The fourth-order valence-corrected chi connectivity index (χ4v) is 1.33. The van der Waals surface area contributed by atoms with Crippen molar-refractivity contribution in [2.45, 2.75) is 18.9 Å². The molecule has 1 aliphatic heterocycles. The second kappa shape index (κ2) is 3.69. The van der Waals surface area contributed by atoms with Crippen molar-refractivity contribution < 1.29 is 9.90 Å². The van der Waals surface area contributed by atoms with Gasteiger partial charge in [-0.2, -0.15) is 0 Å². The number of nitrogens with zero attached hydrogens (tertiary/aromatic N) is 1. The summed E-state index contributed by atoms with van der Waals surface area (Å²) < 4.78 is 0. The molecule has 1 heterocycles. The Morgan fingerprint density at radius 2 is 2.09 bits per heavy atom. The van der Waals surface area contributed by atoms with Crippen LogP contribution in [0.3, 0.4) is 0 Å². The average Bonchev–Trinajstić information content (AvgIpc) is 2.05. The molecule has 0 aromatic heterocycles. The van der Waals surface area contributed by atoms with Gasteiger partial charge in [0.15, 0.2) is 0 Å². The monoisotopic (exact) mass is 157 g/mol. The van der Waals surface area contributed by atoms with Gasteiger partial charge in [-0.3, -0.25) is 4.79 Å². The molecular weight excluding hydrogens is 144 g/mol. The third kappa shape index (κ3) is 2.17. The predicted molar refractivity (Wildman–Crippen MR) is 40.2 cm³/mol. The minimum absolute atomic E-state index is 0.130. The van der Waals surface area contributed by atoms with E-state index in [0.717, 1.165) is 25.9 Å². The van der Waals surface area contributed by atoms with Gasteiger partial charge in [0.25, 0.3) is 0 Å². The van der Waals surface area contributed by atoms with Crippen molar-refractivity contribution in [3.63, 3.8) is 0 Å². The van der Waals surface area contributed by atoms with Crippen LogP contribution in [0, 0.1) is 5.92 Å². The summed E-state index contributed by atoms with van der Waals surface area (Å²) in [6.45, 7) is 1.54. The van der Waals surface area contributed by atoms with E-state index in [2.05, 4.69) is 5.32 Å². The molecule has 11 heavy (non-hydrogen) atoms. The normalized spacial score (nSPS) is 23.0. The first-order valence-electron chi connectivity index (χ1n) is 3.83. The summed E-state index contributed by atoms with van der Waals surface area (Å²) >= 11 is 0. The molecule has 4 nitrogen and oxygen atoms in total. The molecule has 1 radical (unpaired) electrons. The Labute approximate surface area is 65.8 Å². The lowest BCUT2D eigenvalue weighted by atomic mass is 9.91. The summed E-state index contributed by atoms with van der Waals surface area (Å²) in [7, 11) is 0. The van der Waals surface area contributed by atoms with Crippen LogP contribution >= 0.6 is 0 Å². The number of rotatable bonds is 2. The molecule has 1 atom stereocenters. The van der Waals surface area contributed by atoms with Crippen molar-refractivity contribution in [1.82, 2.24) is 5.32 Å². The molecule has 4 heteroatoms. The van der Waals surface area contributed by atoms with Crippen molar-refractivity contribution in [3.05, 3.63) is 0 Å². The number of carbonyl (C=O) groups is 1. The molecule has 0 spiro atoms. The van der Waals surface area contributed by atoms with Gasteiger partial charge in [-0.25, -0.2) is 5.32 Å². The Bertz CT molecular complexity index is 143. The van der Waals surface area contributed by atoms with Gasteiger partial charge >= 0.3 is 5.97 Å². The minimum atomic E-state index is -0.892. The van der Waals surface area contributed by atoms with Gasteiger partial charge in [0.1, 0.15) is 6.04 Å². The van der Waals surface area contributed by atoms with Gasteiger partial charge in [0.2, 0.25) is 0 Å². The smallest absolute Gasteiger partial charge is 0.320 e. The summed E-state index contributed by atoms with van der Waals surface area (Å²) in [5.74, 6) is -0.762. The highest BCUT2D eigenvalue weighted by atomic mass is 16.4. The molecule has 63 valence electrons. The Morgan fingerprint density at radius 1 is 1.55 bits per heavy atom. The van der Waals surface area contributed by atoms with Crippen LogP contribution in [0.1, 0.15) is 12.8 Å². The zero-order chi connectivity index (χ0) is 8.27. The molecule has 0 aromatic carbocycles. The predicted octanol–water partition coefficient (Wildman–Crippen LogP) is -0.587. The van der Waals surface area contributed by atoms with Crippen LogP contribution in [-0.4, -0.2) is 30.2 Å². The van der Waals surface area contributed by atoms with E-state index in [-0.39, 0.29) is 5.92 Å². The number of nitrogens with two attached hydrogens (primary N) is 1. The summed E-state index contributed by atoms with van der Waals surface area (Å²) in [4.78, 5) is 10.4. The van der Waals surface area contributed by atoms with Crippen LogP contribution in [0.4, 0.5) is 0 Å². The average molecular weight is 157 g/mol. The number of hydrogen-bond acceptors (Lipinski definition) is 2. The number of hydrogen-bond donors (Lipinski definition) is 2. The van der Waals surface area contributed by atoms with Crippen LogP contribution in [-0.2, 0) is 4.79 Å². The first-order chi connectivity index (χ1) is 5.22. The molecule has 0 aromatic rings. The topological polar surface area (TPSA) is 77.4 Å². The largest absolute Gasteiger partial charge is 0.480 e. The van der Waals surface area contributed by atoms with E-state index in [0.29, 0.717) is 0 Å². The van der Waals surface area contributed by atoms with Gasteiger partial charge in [-0.1, -0.05) is 0 Å². The van der Waals surface area contributed by atoms with Crippen molar-refractivity contribution in [1.29, 1.82) is 0 Å². The van der Waals surface area contributed by atoms with Crippen LogP contribution in [0.5, 0.6) is 0 Å². The second-order valence-corrected chi connectivity index (χ2v) is 2.87. The molecule has 1 unspecified atom stereocenters. The number of aliphatic carboxylic acids is 1. The van der Waals surface area contributed by atoms with Crippen molar-refractivity contribution in [3.8, 4) is 0 Å². The first kappa shape index (κ1) is 8.49. The quantitative estimate of drug-likeness (QED) is 0.562. The molecule has 1 fully saturated rings. The van der Waals surface area contributed by atoms with Crippen molar-refractivity contribution in [2.24, 2.45) is 11.7 Å². The molecule has 0 bridgehead atoms. The molecule has 0 saturated carbocycles. The van der Waals surface area contributed by atoms with E-state index in [1.807, 2.05) is 0 Å². The summed E-state index contributed by atoms with van der Waals surface area (Å²) in [6.07, 6.45) is 1.65. The standard InChI is InChI=1S/C7H13N2O2/c8-6(7(10)11)5-1-3-9-4-2-5/h5-6H,1-4,8H2,(H,10,11). The maximum absolute atomic E-state index is 10.4. The maximum Gasteiger partial charge on any atom is 0.320 e. The van der Waals surface area contributed by atoms with Gasteiger partial charge in [-0.15, -0.1) is 0 Å². The highest BCUT2D eigenvalue weighted by Gasteiger charge is 2.25. The molecule has 1 rings (SSSR count). The van der Waals surface area contributed by atoms with E-state index in [1.165, 1.54) is 0 Å². The van der Waals surface area contributed by atoms with E-state index >= 15 is 0 Å². The zero-order valence-electron chi connectivity index (χ0n) is 6.36. The van der Waals surface area contributed by atoms with Gasteiger partial charge in [0, 0.05) is 13.1 Å². The highest BCUT2D eigenvalue weighted by Crippen LogP contribution is 2.15. The van der Waals surface area contributed by atoms with Gasteiger partial charge in [0.05, 0.1) is 0 Å². The Hall–Kier alpha value is -0.610. The fourth-order valence-electron chi connectivity index (χ4n) is 1.33. The molecule has 3 N–H and O–H groups in total. The Morgan fingerprint density at radius 3 is 2.55 bits per heavy atom. The number of piperidine rings is 1. The first-order valence-corrected chi connectivity index (χ1v) is 3.83. The third-order valence-electron chi connectivity index (χ3n) is 2.11. The molecule has 1 saturated heterocycles. The van der Waals surface area contributed by atoms with Crippen molar-refractivity contribution >= 4 is 5.97 Å². The van der Waals surface area contributed by atoms with E-state index in [1.54, 1.807) is 0 Å². The van der Waals surface area contributed by atoms with Gasteiger partial charge in [-0.05, 0) is 18.8 Å². The summed E-state index contributed by atoms with van der Waals surface area (Å²) in [5, 5.41) is 12.7. The lowest BCUT2D eigenvalue weighted by Gasteiger charge is -2.24. The second-order valence-electron chi connectivity index (χ2n) is 2.87. The van der Waals surface area contributed by atoms with Crippen molar-refractivity contribution in [2.75, 3.05) is 13.1 Å². The Kier molecular flexibility index (Phi) is 2.84. The molecule has 1 aliphatic rings. The number of carboxylic acid groups (broad SMARTS) is 1. The van der Waals surface area contributed by atoms with Crippen LogP contribution in [0.25, 0.3) is 0 Å². The lowest BCUT2D eigenvalue weighted by molar-refractivity contribution is -0.140. The van der Waals surface area contributed by atoms with Crippen LogP contribution < -0.4 is 11.1 Å². The fraction of sp³-hybridized carbons (Fsp3) is 0.857. The summed E-state index contributed by atoms with van der Waals surface area (Å²) in [5.41, 5.74) is 5.45. The third-order valence-corrected chi connectivity index (χ3v) is 2.11. The molecular formula is C7H13N2O2. The van der Waals surface area contributed by atoms with Crippen LogP contribution in [0.2, 0.25) is 0 Å². The highest BCUT2D eigenvalue weighted by molar-refractivity contribution is 5.73. The Balaban J connectivity index is 2.38. The lowest BCUT2D eigenvalue weighted by Crippen LogP contribution is -2.41. The molecule has 0 aliphatic carbocycles. The SMILES string of the molecule is NC(C(=O)O)C1CC[N]CC1. The van der Waals surface area contributed by atoms with E-state index in [9.17, 15) is 4.79 Å². The minimum Gasteiger partial charge on any atom is -0.480 e. The zero-order valence-corrected chi connectivity index (χ0v) is 6.36.